The van der Waals surface area contributed by atoms with E-state index in [1.54, 1.807) is 12.4 Å². The zero-order valence-corrected chi connectivity index (χ0v) is 15.0. The molecular weight excluding hydrogens is 358 g/mol. The molecule has 4 rings (SSSR count). The Labute approximate surface area is 152 Å². The second kappa shape index (κ2) is 6.89. The third kappa shape index (κ3) is 3.69. The van der Waals surface area contributed by atoms with E-state index in [2.05, 4.69) is 35.3 Å². The van der Waals surface area contributed by atoms with E-state index in [1.807, 2.05) is 19.1 Å². The predicted octanol–water partition coefficient (Wildman–Crippen LogP) is 2.57. The summed E-state index contributed by atoms with van der Waals surface area (Å²) in [4.78, 5) is 16.2. The number of carbonyl (C=O) groups is 1. The van der Waals surface area contributed by atoms with Gasteiger partial charge in [-0.25, -0.2) is 0 Å². The third-order valence-electron chi connectivity index (χ3n) is 3.62. The van der Waals surface area contributed by atoms with Gasteiger partial charge in [0.1, 0.15) is 5.01 Å². The molecule has 0 atom stereocenters. The molecule has 0 saturated heterocycles. The molecule has 0 aromatic carbocycles. The minimum Gasteiger partial charge on any atom is -0.300 e. The molecule has 3 aromatic heterocycles. The molecule has 3 aromatic rings. The highest BCUT2D eigenvalue weighted by Gasteiger charge is 2.30. The number of anilines is 1. The predicted molar refractivity (Wildman–Crippen MR) is 95.5 cm³/mol. The molecule has 1 aliphatic rings. The van der Waals surface area contributed by atoms with Gasteiger partial charge in [0.15, 0.2) is 11.0 Å². The fourth-order valence-electron chi connectivity index (χ4n) is 2.37. The molecule has 1 aliphatic carbocycles. The maximum absolute atomic E-state index is 12.1. The van der Waals surface area contributed by atoms with E-state index < -0.39 is 0 Å². The summed E-state index contributed by atoms with van der Waals surface area (Å²) in [5.74, 6) is 0.948. The molecule has 1 N–H and O–H groups in total. The lowest BCUT2D eigenvalue weighted by Gasteiger charge is -2.08. The van der Waals surface area contributed by atoms with Crippen LogP contribution in [0.5, 0.6) is 0 Å². The first-order valence-electron chi connectivity index (χ1n) is 7.79. The zero-order chi connectivity index (χ0) is 17.2. The second-order valence-corrected chi connectivity index (χ2v) is 7.73. The summed E-state index contributed by atoms with van der Waals surface area (Å²) in [5, 5.41) is 21.2. The number of rotatable bonds is 6. The molecule has 3 heterocycles. The van der Waals surface area contributed by atoms with Gasteiger partial charge >= 0.3 is 0 Å². The summed E-state index contributed by atoms with van der Waals surface area (Å²) >= 11 is 2.74. The van der Waals surface area contributed by atoms with Gasteiger partial charge in [-0.1, -0.05) is 23.1 Å². The molecule has 8 nitrogen and oxygen atoms in total. The van der Waals surface area contributed by atoms with Gasteiger partial charge in [-0.3, -0.25) is 19.7 Å². The number of hydrogen-bond acceptors (Lipinski definition) is 8. The lowest BCUT2D eigenvalue weighted by molar-refractivity contribution is -0.113. The number of pyridine rings is 1. The minimum atomic E-state index is -0.128. The first kappa shape index (κ1) is 16.2. The van der Waals surface area contributed by atoms with Gasteiger partial charge in [0.2, 0.25) is 11.0 Å². The second-order valence-electron chi connectivity index (χ2n) is 5.61. The average Bonchev–Trinajstić information content (AvgIpc) is 3.24. The smallest absolute Gasteiger partial charge is 0.236 e. The number of amides is 1. The molecular formula is C15H15N7OS2. The lowest BCUT2D eigenvalue weighted by Crippen LogP contribution is -2.14. The molecule has 25 heavy (non-hydrogen) atoms. The standard InChI is InChI=1S/C15H15N7OS2/c1-9-18-20-14(25-9)17-12(23)8-24-15-21-19-13(22(15)11-2-3-11)10-4-6-16-7-5-10/h4-7,11H,2-3,8H2,1H3,(H,17,20,23). The van der Waals surface area contributed by atoms with E-state index in [0.29, 0.717) is 11.2 Å². The molecule has 0 unspecified atom stereocenters. The zero-order valence-electron chi connectivity index (χ0n) is 13.4. The summed E-state index contributed by atoms with van der Waals surface area (Å²) in [6.07, 6.45) is 5.71. The maximum atomic E-state index is 12.1. The Morgan fingerprint density at radius 2 is 2.08 bits per heavy atom. The first-order valence-corrected chi connectivity index (χ1v) is 9.59. The highest BCUT2D eigenvalue weighted by Crippen LogP contribution is 2.40. The van der Waals surface area contributed by atoms with Gasteiger partial charge in [0.25, 0.3) is 0 Å². The number of hydrogen-bond donors (Lipinski definition) is 1. The van der Waals surface area contributed by atoms with Crippen molar-refractivity contribution < 1.29 is 4.79 Å². The number of carbonyl (C=O) groups excluding carboxylic acids is 1. The Hall–Kier alpha value is -2.33. The van der Waals surface area contributed by atoms with Crippen LogP contribution in [0.25, 0.3) is 11.4 Å². The minimum absolute atomic E-state index is 0.128. The van der Waals surface area contributed by atoms with Crippen LogP contribution in [0.2, 0.25) is 0 Å². The van der Waals surface area contributed by atoms with Crippen LogP contribution < -0.4 is 5.32 Å². The average molecular weight is 373 g/mol. The molecule has 128 valence electrons. The van der Waals surface area contributed by atoms with E-state index in [0.717, 1.165) is 34.4 Å². The van der Waals surface area contributed by atoms with E-state index in [9.17, 15) is 4.79 Å². The van der Waals surface area contributed by atoms with E-state index >= 15 is 0 Å². The van der Waals surface area contributed by atoms with Crippen LogP contribution in [0.4, 0.5) is 5.13 Å². The van der Waals surface area contributed by atoms with Crippen LogP contribution in [-0.2, 0) is 4.79 Å². The summed E-state index contributed by atoms with van der Waals surface area (Å²) in [7, 11) is 0. The normalized spacial score (nSPS) is 13.8. The number of nitrogens with zero attached hydrogens (tertiary/aromatic N) is 6. The molecule has 0 aliphatic heterocycles. The van der Waals surface area contributed by atoms with Crippen molar-refractivity contribution in [2.75, 3.05) is 11.1 Å². The number of thioether (sulfide) groups is 1. The van der Waals surface area contributed by atoms with Crippen molar-refractivity contribution in [2.24, 2.45) is 0 Å². The van der Waals surface area contributed by atoms with Crippen molar-refractivity contribution in [2.45, 2.75) is 31.0 Å². The SMILES string of the molecule is Cc1nnc(NC(=O)CSc2nnc(-c3ccncc3)n2C2CC2)s1. The van der Waals surface area contributed by atoms with Crippen molar-refractivity contribution in [1.29, 1.82) is 0 Å². The molecule has 1 fully saturated rings. The highest BCUT2D eigenvalue weighted by atomic mass is 32.2. The van der Waals surface area contributed by atoms with Crippen LogP contribution >= 0.6 is 23.1 Å². The monoisotopic (exact) mass is 373 g/mol. The van der Waals surface area contributed by atoms with Crippen molar-refractivity contribution in [3.05, 3.63) is 29.5 Å². The molecule has 10 heteroatoms. The van der Waals surface area contributed by atoms with E-state index in [-0.39, 0.29) is 11.7 Å². The summed E-state index contributed by atoms with van der Waals surface area (Å²) in [6, 6.07) is 4.25. The Morgan fingerprint density at radius 1 is 1.28 bits per heavy atom. The van der Waals surface area contributed by atoms with Gasteiger partial charge in [-0.15, -0.1) is 20.4 Å². The fraction of sp³-hybridized carbons (Fsp3) is 0.333. The van der Waals surface area contributed by atoms with Crippen LogP contribution in [0.1, 0.15) is 23.9 Å². The maximum Gasteiger partial charge on any atom is 0.236 e. The Bertz CT molecular complexity index is 888. The van der Waals surface area contributed by atoms with E-state index in [1.165, 1.54) is 23.1 Å². The van der Waals surface area contributed by atoms with Crippen molar-refractivity contribution in [1.82, 2.24) is 29.9 Å². The molecule has 0 bridgehead atoms. The van der Waals surface area contributed by atoms with Crippen LogP contribution in [-0.4, -0.2) is 41.6 Å². The van der Waals surface area contributed by atoms with Crippen LogP contribution in [0.3, 0.4) is 0 Å². The van der Waals surface area contributed by atoms with Crippen molar-refractivity contribution in [3.8, 4) is 11.4 Å². The van der Waals surface area contributed by atoms with Crippen LogP contribution in [0, 0.1) is 6.92 Å². The van der Waals surface area contributed by atoms with Gasteiger partial charge in [-0.05, 0) is 31.9 Å². The third-order valence-corrected chi connectivity index (χ3v) is 5.32. The summed E-state index contributed by atoms with van der Waals surface area (Å²) in [6.45, 7) is 1.85. The van der Waals surface area contributed by atoms with E-state index in [4.69, 9.17) is 0 Å². The van der Waals surface area contributed by atoms with Gasteiger partial charge in [-0.2, -0.15) is 0 Å². The highest BCUT2D eigenvalue weighted by molar-refractivity contribution is 7.99. The van der Waals surface area contributed by atoms with Gasteiger partial charge in [0.05, 0.1) is 5.75 Å². The number of aryl methyl sites for hydroxylation is 1. The quantitative estimate of drug-likeness (QED) is 0.663. The summed E-state index contributed by atoms with van der Waals surface area (Å²) in [5.41, 5.74) is 0.982. The molecule has 1 amide bonds. The van der Waals surface area contributed by atoms with Gasteiger partial charge in [0, 0.05) is 24.0 Å². The van der Waals surface area contributed by atoms with Crippen molar-refractivity contribution in [3.63, 3.8) is 0 Å². The first-order chi connectivity index (χ1) is 12.2. The Balaban J connectivity index is 1.47. The summed E-state index contributed by atoms with van der Waals surface area (Å²) < 4.78 is 2.13. The molecule has 1 saturated carbocycles. The van der Waals surface area contributed by atoms with Crippen LogP contribution in [0.15, 0.2) is 29.7 Å². The molecule has 0 spiro atoms. The number of aromatic nitrogens is 6. The lowest BCUT2D eigenvalue weighted by atomic mass is 10.2. The van der Waals surface area contributed by atoms with Crippen molar-refractivity contribution >= 4 is 34.1 Å². The van der Waals surface area contributed by atoms with Gasteiger partial charge < -0.3 is 0 Å². The molecule has 0 radical (unpaired) electrons. The number of nitrogens with one attached hydrogen (secondary N) is 1. The Morgan fingerprint density at radius 3 is 2.76 bits per heavy atom. The largest absolute Gasteiger partial charge is 0.300 e. The fourth-order valence-corrected chi connectivity index (χ4v) is 3.78. The Kier molecular flexibility index (Phi) is 4.45. The topological polar surface area (TPSA) is 98.5 Å².